The number of nitrogens with zero attached hydrogens (tertiary/aromatic N) is 2. The van der Waals surface area contributed by atoms with Gasteiger partial charge in [0.05, 0.1) is 26.0 Å². The molecule has 0 saturated heterocycles. The van der Waals surface area contributed by atoms with Crippen molar-refractivity contribution in [2.24, 2.45) is 0 Å². The highest BCUT2D eigenvalue weighted by molar-refractivity contribution is 5.78. The van der Waals surface area contributed by atoms with E-state index in [4.69, 9.17) is 4.42 Å². The van der Waals surface area contributed by atoms with E-state index in [0.29, 0.717) is 25.7 Å². The van der Waals surface area contributed by atoms with Crippen molar-refractivity contribution in [2.45, 2.75) is 38.3 Å². The standard InChI is InChI=1S/C15H24N2O3/c1-16(11-14-7-4-10-20-14)15(19)12-17(8-9-18)13-5-2-3-6-13/h4,7,10,13,18H,2-3,5-6,8-9,11-12H2,1H3. The molecule has 0 spiro atoms. The lowest BCUT2D eigenvalue weighted by atomic mass is 10.2. The summed E-state index contributed by atoms with van der Waals surface area (Å²) < 4.78 is 5.26. The number of aliphatic hydroxyl groups excluding tert-OH is 1. The first-order valence-corrected chi connectivity index (χ1v) is 7.32. The largest absolute Gasteiger partial charge is 0.467 e. The molecule has 0 bridgehead atoms. The van der Waals surface area contributed by atoms with E-state index in [1.54, 1.807) is 18.2 Å². The fraction of sp³-hybridized carbons (Fsp3) is 0.667. The fourth-order valence-corrected chi connectivity index (χ4v) is 2.81. The van der Waals surface area contributed by atoms with Gasteiger partial charge in [-0.3, -0.25) is 9.69 Å². The van der Waals surface area contributed by atoms with Crippen LogP contribution in [-0.4, -0.2) is 53.6 Å². The summed E-state index contributed by atoms with van der Waals surface area (Å²) in [7, 11) is 1.79. The van der Waals surface area contributed by atoms with Crippen LogP contribution in [0.25, 0.3) is 0 Å². The predicted octanol–water partition coefficient (Wildman–Crippen LogP) is 1.47. The molecule has 20 heavy (non-hydrogen) atoms. The van der Waals surface area contributed by atoms with E-state index >= 15 is 0 Å². The lowest BCUT2D eigenvalue weighted by molar-refractivity contribution is -0.132. The van der Waals surface area contributed by atoms with E-state index in [0.717, 1.165) is 18.6 Å². The second kappa shape index (κ2) is 7.45. The molecule has 0 unspecified atom stereocenters. The van der Waals surface area contributed by atoms with Crippen molar-refractivity contribution in [2.75, 3.05) is 26.7 Å². The van der Waals surface area contributed by atoms with Gasteiger partial charge in [0.2, 0.25) is 5.91 Å². The van der Waals surface area contributed by atoms with Crippen LogP contribution in [-0.2, 0) is 11.3 Å². The van der Waals surface area contributed by atoms with Crippen molar-refractivity contribution in [1.82, 2.24) is 9.80 Å². The van der Waals surface area contributed by atoms with Crippen molar-refractivity contribution >= 4 is 5.91 Å². The molecule has 112 valence electrons. The number of amides is 1. The van der Waals surface area contributed by atoms with E-state index in [2.05, 4.69) is 4.90 Å². The minimum absolute atomic E-state index is 0.0711. The van der Waals surface area contributed by atoms with Crippen molar-refractivity contribution in [3.8, 4) is 0 Å². The second-order valence-corrected chi connectivity index (χ2v) is 5.46. The molecule has 1 amide bonds. The van der Waals surface area contributed by atoms with Gasteiger partial charge >= 0.3 is 0 Å². The number of carbonyl (C=O) groups is 1. The van der Waals surface area contributed by atoms with Gasteiger partial charge in [0.25, 0.3) is 0 Å². The number of rotatable bonds is 7. The Balaban J connectivity index is 1.86. The SMILES string of the molecule is CN(Cc1ccco1)C(=O)CN(CCO)C1CCCC1. The number of likely N-dealkylation sites (N-methyl/N-ethyl adjacent to an activating group) is 1. The summed E-state index contributed by atoms with van der Waals surface area (Å²) in [6.07, 6.45) is 6.33. The average Bonchev–Trinajstić information content (AvgIpc) is 3.11. The van der Waals surface area contributed by atoms with Crippen LogP contribution >= 0.6 is 0 Å². The lowest BCUT2D eigenvalue weighted by Gasteiger charge is -2.29. The van der Waals surface area contributed by atoms with E-state index < -0.39 is 0 Å². The fourth-order valence-electron chi connectivity index (χ4n) is 2.81. The molecule has 1 fully saturated rings. The minimum atomic E-state index is 0.0711. The first-order valence-electron chi connectivity index (χ1n) is 7.32. The summed E-state index contributed by atoms with van der Waals surface area (Å²) in [4.78, 5) is 16.1. The van der Waals surface area contributed by atoms with Gasteiger partial charge in [-0.05, 0) is 25.0 Å². The summed E-state index contributed by atoms with van der Waals surface area (Å²) in [5, 5.41) is 9.17. The molecule has 0 aliphatic heterocycles. The Bertz CT molecular complexity index is 399. The van der Waals surface area contributed by atoms with E-state index in [-0.39, 0.29) is 12.5 Å². The van der Waals surface area contributed by atoms with Crippen LogP contribution in [0.3, 0.4) is 0 Å². The number of aliphatic hydroxyl groups is 1. The molecule has 5 nitrogen and oxygen atoms in total. The third-order valence-corrected chi connectivity index (χ3v) is 3.97. The summed E-state index contributed by atoms with van der Waals surface area (Å²) in [6.45, 7) is 1.54. The van der Waals surface area contributed by atoms with Gasteiger partial charge in [-0.15, -0.1) is 0 Å². The number of hydrogen-bond acceptors (Lipinski definition) is 4. The molecule has 0 radical (unpaired) electrons. The molecule has 1 aliphatic carbocycles. The summed E-state index contributed by atoms with van der Waals surface area (Å²) in [5.41, 5.74) is 0. The third kappa shape index (κ3) is 4.08. The smallest absolute Gasteiger partial charge is 0.236 e. The van der Waals surface area contributed by atoms with Crippen LogP contribution in [0.2, 0.25) is 0 Å². The lowest BCUT2D eigenvalue weighted by Crippen LogP contribution is -2.43. The van der Waals surface area contributed by atoms with Crippen LogP contribution in [0.5, 0.6) is 0 Å². The predicted molar refractivity (Wildman–Crippen MR) is 76.1 cm³/mol. The topological polar surface area (TPSA) is 56.9 Å². The highest BCUT2D eigenvalue weighted by Crippen LogP contribution is 2.23. The Labute approximate surface area is 120 Å². The molecule has 0 aromatic carbocycles. The van der Waals surface area contributed by atoms with Crippen LogP contribution in [0, 0.1) is 0 Å². The van der Waals surface area contributed by atoms with Gasteiger partial charge in [0.1, 0.15) is 5.76 Å². The zero-order chi connectivity index (χ0) is 14.4. The van der Waals surface area contributed by atoms with Gasteiger partial charge in [-0.2, -0.15) is 0 Å². The first-order chi connectivity index (χ1) is 9.70. The average molecular weight is 280 g/mol. The highest BCUT2D eigenvalue weighted by Gasteiger charge is 2.25. The molecule has 0 atom stereocenters. The van der Waals surface area contributed by atoms with Crippen LogP contribution in [0.15, 0.2) is 22.8 Å². The number of hydrogen-bond donors (Lipinski definition) is 1. The summed E-state index contributed by atoms with van der Waals surface area (Å²) in [5.74, 6) is 0.858. The molecule has 1 aromatic heterocycles. The first kappa shape index (κ1) is 15.1. The zero-order valence-electron chi connectivity index (χ0n) is 12.1. The van der Waals surface area contributed by atoms with E-state index in [9.17, 15) is 9.90 Å². The Hall–Kier alpha value is -1.33. The van der Waals surface area contributed by atoms with Crippen molar-refractivity contribution in [1.29, 1.82) is 0 Å². The second-order valence-electron chi connectivity index (χ2n) is 5.46. The molecular weight excluding hydrogens is 256 g/mol. The van der Waals surface area contributed by atoms with E-state index in [1.807, 2.05) is 12.1 Å². The molecule has 1 saturated carbocycles. The number of carbonyl (C=O) groups excluding carboxylic acids is 1. The molecule has 1 heterocycles. The van der Waals surface area contributed by atoms with Gasteiger partial charge in [0, 0.05) is 19.6 Å². The van der Waals surface area contributed by atoms with E-state index in [1.165, 1.54) is 12.8 Å². The summed E-state index contributed by atoms with van der Waals surface area (Å²) in [6, 6.07) is 4.14. The highest BCUT2D eigenvalue weighted by atomic mass is 16.3. The maximum atomic E-state index is 12.3. The van der Waals surface area contributed by atoms with Gasteiger partial charge in [-0.1, -0.05) is 12.8 Å². The Kier molecular flexibility index (Phi) is 5.61. The van der Waals surface area contributed by atoms with Crippen molar-refractivity contribution < 1.29 is 14.3 Å². The molecule has 1 aromatic rings. The van der Waals surface area contributed by atoms with Gasteiger partial charge < -0.3 is 14.4 Å². The zero-order valence-corrected chi connectivity index (χ0v) is 12.1. The molecular formula is C15H24N2O3. The molecule has 1 N–H and O–H groups in total. The van der Waals surface area contributed by atoms with Crippen LogP contribution in [0.1, 0.15) is 31.4 Å². The van der Waals surface area contributed by atoms with Gasteiger partial charge in [0.15, 0.2) is 0 Å². The Morgan fingerprint density at radius 3 is 2.80 bits per heavy atom. The maximum absolute atomic E-state index is 12.3. The van der Waals surface area contributed by atoms with Crippen LogP contribution < -0.4 is 0 Å². The normalized spacial score (nSPS) is 15.9. The molecule has 5 heteroatoms. The minimum Gasteiger partial charge on any atom is -0.467 e. The Morgan fingerprint density at radius 2 is 2.20 bits per heavy atom. The van der Waals surface area contributed by atoms with Crippen molar-refractivity contribution in [3.05, 3.63) is 24.2 Å². The van der Waals surface area contributed by atoms with Crippen molar-refractivity contribution in [3.63, 3.8) is 0 Å². The quantitative estimate of drug-likeness (QED) is 0.822. The van der Waals surface area contributed by atoms with Gasteiger partial charge in [-0.25, -0.2) is 0 Å². The molecule has 2 rings (SSSR count). The summed E-state index contributed by atoms with van der Waals surface area (Å²) >= 11 is 0. The Morgan fingerprint density at radius 1 is 1.45 bits per heavy atom. The molecule has 1 aliphatic rings. The third-order valence-electron chi connectivity index (χ3n) is 3.97. The maximum Gasteiger partial charge on any atom is 0.236 e. The monoisotopic (exact) mass is 280 g/mol. The number of furan rings is 1. The van der Waals surface area contributed by atoms with Crippen LogP contribution in [0.4, 0.5) is 0 Å².